The second kappa shape index (κ2) is 9.36. The zero-order valence-corrected chi connectivity index (χ0v) is 16.2. The van der Waals surface area contributed by atoms with Crippen molar-refractivity contribution in [1.29, 1.82) is 0 Å². The first-order valence-electron chi connectivity index (χ1n) is 8.38. The van der Waals surface area contributed by atoms with E-state index in [0.29, 0.717) is 17.7 Å². The molecule has 140 valence electrons. The summed E-state index contributed by atoms with van der Waals surface area (Å²) in [6.07, 6.45) is 1.41. The van der Waals surface area contributed by atoms with Crippen LogP contribution in [0.15, 0.2) is 54.6 Å². The second-order valence-corrected chi connectivity index (χ2v) is 6.40. The molecule has 0 aliphatic rings. The fourth-order valence-corrected chi connectivity index (χ4v) is 2.60. The van der Waals surface area contributed by atoms with Gasteiger partial charge in [0, 0.05) is 24.0 Å². The number of rotatable bonds is 6. The second-order valence-electron chi connectivity index (χ2n) is 6.40. The molecule has 2 rings (SSSR count). The van der Waals surface area contributed by atoms with Gasteiger partial charge in [0.05, 0.1) is 5.54 Å². The van der Waals surface area contributed by atoms with Crippen molar-refractivity contribution in [3.63, 3.8) is 0 Å². The Labute approximate surface area is 161 Å². The van der Waals surface area contributed by atoms with Crippen LogP contribution in [0.4, 0.5) is 11.4 Å². The maximum atomic E-state index is 12.7. The fourth-order valence-electron chi connectivity index (χ4n) is 2.60. The van der Waals surface area contributed by atoms with Crippen LogP contribution in [0.1, 0.15) is 37.0 Å². The maximum absolute atomic E-state index is 12.7. The van der Waals surface area contributed by atoms with Gasteiger partial charge in [-0.05, 0) is 43.7 Å². The quantitative estimate of drug-likeness (QED) is 0.805. The van der Waals surface area contributed by atoms with Gasteiger partial charge >= 0.3 is 0 Å². The first-order valence-corrected chi connectivity index (χ1v) is 8.38. The highest BCUT2D eigenvalue weighted by Gasteiger charge is 2.27. The van der Waals surface area contributed by atoms with Gasteiger partial charge < -0.3 is 16.0 Å². The molecule has 1 atom stereocenters. The summed E-state index contributed by atoms with van der Waals surface area (Å²) in [7, 11) is 1.72. The van der Waals surface area contributed by atoms with Gasteiger partial charge in [0.1, 0.15) is 0 Å². The van der Waals surface area contributed by atoms with Gasteiger partial charge in [0.2, 0.25) is 5.91 Å². The molecule has 0 aromatic heterocycles. The Morgan fingerprint density at radius 3 is 2.38 bits per heavy atom. The Morgan fingerprint density at radius 2 is 1.77 bits per heavy atom. The average Bonchev–Trinajstić information content (AvgIpc) is 2.61. The predicted molar refractivity (Wildman–Crippen MR) is 109 cm³/mol. The van der Waals surface area contributed by atoms with E-state index in [-0.39, 0.29) is 24.2 Å². The van der Waals surface area contributed by atoms with Gasteiger partial charge in [0.25, 0.3) is 5.91 Å². The van der Waals surface area contributed by atoms with Crippen LogP contribution in [0.3, 0.4) is 0 Å². The summed E-state index contributed by atoms with van der Waals surface area (Å²) in [6.45, 7) is 3.70. The SMILES string of the molecule is CCCC(C)(N)C(=O)Nc1cccc(C(=O)N(C)c2ccccc2)c1.Cl. The molecule has 1 unspecified atom stereocenters. The number of carbonyl (C=O) groups is 2. The fraction of sp³-hybridized carbons (Fsp3) is 0.300. The van der Waals surface area contributed by atoms with Gasteiger partial charge in [-0.3, -0.25) is 9.59 Å². The highest BCUT2D eigenvalue weighted by atomic mass is 35.5. The largest absolute Gasteiger partial charge is 0.324 e. The molecule has 0 aliphatic carbocycles. The maximum Gasteiger partial charge on any atom is 0.258 e. The Balaban J connectivity index is 0.00000338. The molecule has 26 heavy (non-hydrogen) atoms. The summed E-state index contributed by atoms with van der Waals surface area (Å²) >= 11 is 0. The number of nitrogens with two attached hydrogens (primary N) is 1. The lowest BCUT2D eigenvalue weighted by atomic mass is 9.96. The number of nitrogens with one attached hydrogen (secondary N) is 1. The number of para-hydroxylation sites is 1. The molecule has 0 fully saturated rings. The molecular formula is C20H26ClN3O2. The van der Waals surface area contributed by atoms with E-state index in [1.54, 1.807) is 43.1 Å². The standard InChI is InChI=1S/C20H25N3O2.ClH/c1-4-13-20(2,21)19(25)22-16-10-8-9-15(14-16)18(24)23(3)17-11-6-5-7-12-17;/h5-12,14H,4,13,21H2,1-3H3,(H,22,25);1H. The Kier molecular flexibility index (Phi) is 7.80. The van der Waals surface area contributed by atoms with Crippen LogP contribution in [0.25, 0.3) is 0 Å². The summed E-state index contributed by atoms with van der Waals surface area (Å²) in [4.78, 5) is 26.6. The number of carbonyl (C=O) groups excluding carboxylic acids is 2. The van der Waals surface area contributed by atoms with Crippen molar-refractivity contribution < 1.29 is 9.59 Å². The topological polar surface area (TPSA) is 75.4 Å². The minimum absolute atomic E-state index is 0. The molecule has 0 saturated heterocycles. The zero-order valence-electron chi connectivity index (χ0n) is 15.4. The zero-order chi connectivity index (χ0) is 18.4. The molecule has 2 aromatic carbocycles. The van der Waals surface area contributed by atoms with Crippen molar-refractivity contribution in [3.8, 4) is 0 Å². The molecule has 0 bridgehead atoms. The molecule has 0 saturated carbocycles. The third-order valence-corrected chi connectivity index (χ3v) is 4.10. The average molecular weight is 376 g/mol. The van der Waals surface area contributed by atoms with E-state index in [2.05, 4.69) is 5.32 Å². The van der Waals surface area contributed by atoms with E-state index in [9.17, 15) is 9.59 Å². The molecule has 0 heterocycles. The lowest BCUT2D eigenvalue weighted by Crippen LogP contribution is -2.48. The Hall–Kier alpha value is -2.37. The number of halogens is 1. The smallest absolute Gasteiger partial charge is 0.258 e. The highest BCUT2D eigenvalue weighted by Crippen LogP contribution is 2.19. The van der Waals surface area contributed by atoms with Crippen LogP contribution in [-0.4, -0.2) is 24.4 Å². The van der Waals surface area contributed by atoms with E-state index < -0.39 is 5.54 Å². The van der Waals surface area contributed by atoms with Gasteiger partial charge in [-0.1, -0.05) is 37.6 Å². The highest BCUT2D eigenvalue weighted by molar-refractivity contribution is 6.07. The van der Waals surface area contributed by atoms with Crippen LogP contribution in [0.5, 0.6) is 0 Å². The number of hydrogen-bond donors (Lipinski definition) is 2. The van der Waals surface area contributed by atoms with Crippen molar-refractivity contribution in [2.24, 2.45) is 5.73 Å². The summed E-state index contributed by atoms with van der Waals surface area (Å²) in [5, 5.41) is 2.81. The van der Waals surface area contributed by atoms with Crippen molar-refractivity contribution in [2.45, 2.75) is 32.2 Å². The number of benzene rings is 2. The van der Waals surface area contributed by atoms with E-state index in [1.165, 1.54) is 0 Å². The van der Waals surface area contributed by atoms with Crippen molar-refractivity contribution in [3.05, 3.63) is 60.2 Å². The number of nitrogens with zero attached hydrogens (tertiary/aromatic N) is 1. The minimum Gasteiger partial charge on any atom is -0.324 e. The monoisotopic (exact) mass is 375 g/mol. The minimum atomic E-state index is -0.935. The third-order valence-electron chi connectivity index (χ3n) is 4.10. The van der Waals surface area contributed by atoms with Gasteiger partial charge in [-0.15, -0.1) is 12.4 Å². The molecule has 0 aliphatic heterocycles. The lowest BCUT2D eigenvalue weighted by Gasteiger charge is -2.23. The number of anilines is 2. The first-order chi connectivity index (χ1) is 11.8. The molecule has 0 radical (unpaired) electrons. The molecule has 2 amide bonds. The van der Waals surface area contributed by atoms with Crippen LogP contribution in [0.2, 0.25) is 0 Å². The van der Waals surface area contributed by atoms with E-state index in [4.69, 9.17) is 5.73 Å². The van der Waals surface area contributed by atoms with Crippen LogP contribution >= 0.6 is 12.4 Å². The van der Waals surface area contributed by atoms with E-state index in [0.717, 1.165) is 12.1 Å². The molecule has 3 N–H and O–H groups in total. The summed E-state index contributed by atoms with van der Waals surface area (Å²) < 4.78 is 0. The first kappa shape index (κ1) is 21.7. The molecule has 5 nitrogen and oxygen atoms in total. The summed E-state index contributed by atoms with van der Waals surface area (Å²) in [6, 6.07) is 16.3. The third kappa shape index (κ3) is 5.31. The van der Waals surface area contributed by atoms with Crippen molar-refractivity contribution in [2.75, 3.05) is 17.3 Å². The summed E-state index contributed by atoms with van der Waals surface area (Å²) in [5.41, 5.74) is 6.98. The van der Waals surface area contributed by atoms with Gasteiger partial charge in [-0.25, -0.2) is 0 Å². The normalized spacial score (nSPS) is 12.5. The van der Waals surface area contributed by atoms with Crippen molar-refractivity contribution >= 4 is 35.6 Å². The Bertz CT molecular complexity index is 748. The molecular weight excluding hydrogens is 350 g/mol. The van der Waals surface area contributed by atoms with Gasteiger partial charge in [0.15, 0.2) is 0 Å². The Morgan fingerprint density at radius 1 is 1.12 bits per heavy atom. The molecule has 0 spiro atoms. The van der Waals surface area contributed by atoms with E-state index >= 15 is 0 Å². The number of amides is 2. The number of hydrogen-bond acceptors (Lipinski definition) is 3. The van der Waals surface area contributed by atoms with E-state index in [1.807, 2.05) is 37.3 Å². The lowest BCUT2D eigenvalue weighted by molar-refractivity contribution is -0.120. The van der Waals surface area contributed by atoms with Crippen LogP contribution in [0, 0.1) is 0 Å². The molecule has 2 aromatic rings. The van der Waals surface area contributed by atoms with Gasteiger partial charge in [-0.2, -0.15) is 0 Å². The van der Waals surface area contributed by atoms with Crippen LogP contribution < -0.4 is 16.0 Å². The van der Waals surface area contributed by atoms with Crippen molar-refractivity contribution in [1.82, 2.24) is 0 Å². The molecule has 6 heteroatoms. The predicted octanol–water partition coefficient (Wildman–Crippen LogP) is 3.84. The summed E-state index contributed by atoms with van der Waals surface area (Å²) in [5.74, 6) is -0.401. The van der Waals surface area contributed by atoms with Crippen LogP contribution in [-0.2, 0) is 4.79 Å².